The van der Waals surface area contributed by atoms with Gasteiger partial charge in [-0.05, 0) is 25.3 Å². The third-order valence-electron chi connectivity index (χ3n) is 2.38. The van der Waals surface area contributed by atoms with Gasteiger partial charge in [0.2, 0.25) is 0 Å². The lowest BCUT2D eigenvalue weighted by molar-refractivity contribution is -0.119. The Morgan fingerprint density at radius 1 is 1.25 bits per heavy atom. The van der Waals surface area contributed by atoms with E-state index in [1.165, 1.54) is 5.57 Å². The minimum Gasteiger partial charge on any atom is -0.312 e. The van der Waals surface area contributed by atoms with Crippen LogP contribution < -0.4 is 5.32 Å². The minimum atomic E-state index is 0.362. The van der Waals surface area contributed by atoms with Crippen LogP contribution in [0.3, 0.4) is 0 Å². The number of ketones is 1. The monoisotopic (exact) mass is 223 g/mol. The Balaban J connectivity index is 3.64. The van der Waals surface area contributed by atoms with Crippen molar-refractivity contribution in [3.8, 4) is 0 Å². The zero-order valence-corrected chi connectivity index (χ0v) is 10.9. The van der Waals surface area contributed by atoms with Crippen molar-refractivity contribution in [3.63, 3.8) is 0 Å². The van der Waals surface area contributed by atoms with Crippen molar-refractivity contribution >= 4 is 5.78 Å². The van der Waals surface area contributed by atoms with Gasteiger partial charge in [-0.2, -0.15) is 0 Å². The fourth-order valence-electron chi connectivity index (χ4n) is 1.39. The van der Waals surface area contributed by atoms with Gasteiger partial charge in [0.1, 0.15) is 5.78 Å². The van der Waals surface area contributed by atoms with Crippen molar-refractivity contribution in [2.24, 2.45) is 0 Å². The third-order valence-corrected chi connectivity index (χ3v) is 2.38. The number of nitrogens with one attached hydrogen (secondary N) is 1. The molecule has 0 saturated carbocycles. The molecule has 2 nitrogen and oxygen atoms in total. The molecule has 92 valence electrons. The topological polar surface area (TPSA) is 29.1 Å². The highest BCUT2D eigenvalue weighted by atomic mass is 16.1. The summed E-state index contributed by atoms with van der Waals surface area (Å²) < 4.78 is 0. The molecule has 0 aliphatic carbocycles. The summed E-state index contributed by atoms with van der Waals surface area (Å²) in [5, 5.41) is 3.29. The predicted octanol–water partition coefficient (Wildman–Crippen LogP) is 3.25. The van der Waals surface area contributed by atoms with Gasteiger partial charge >= 0.3 is 0 Å². The van der Waals surface area contributed by atoms with Crippen molar-refractivity contribution in [1.29, 1.82) is 0 Å². The van der Waals surface area contributed by atoms with Gasteiger partial charge in [0.15, 0.2) is 0 Å². The maximum absolute atomic E-state index is 11.3. The van der Waals surface area contributed by atoms with Gasteiger partial charge in [-0.15, -0.1) is 0 Å². The van der Waals surface area contributed by atoms with Gasteiger partial charge < -0.3 is 5.32 Å². The molecule has 0 unspecified atom stereocenters. The first kappa shape index (κ1) is 15.1. The van der Waals surface area contributed by atoms with Crippen LogP contribution in [0.1, 0.15) is 46.5 Å². The van der Waals surface area contributed by atoms with Gasteiger partial charge in [0.05, 0.1) is 0 Å². The molecule has 0 atom stereocenters. The van der Waals surface area contributed by atoms with Crippen LogP contribution in [-0.4, -0.2) is 18.9 Å². The van der Waals surface area contributed by atoms with Gasteiger partial charge in [-0.1, -0.05) is 32.1 Å². The summed E-state index contributed by atoms with van der Waals surface area (Å²) in [6, 6.07) is 0. The maximum Gasteiger partial charge on any atom is 0.134 e. The van der Waals surface area contributed by atoms with E-state index in [0.717, 1.165) is 25.9 Å². The average Bonchev–Trinajstić information content (AvgIpc) is 2.28. The standard InChI is InChI=1S/C14H25NO/c1-4-7-9-13(6-3)12-15-11-10-14(16)8-5-2/h6-7,9,15H,4-5,8,10-12H2,1-3H3/b9-7-,13-6+. The van der Waals surface area contributed by atoms with E-state index in [1.807, 2.05) is 13.8 Å². The summed E-state index contributed by atoms with van der Waals surface area (Å²) in [7, 11) is 0. The van der Waals surface area contributed by atoms with E-state index in [9.17, 15) is 4.79 Å². The number of allylic oxidation sites excluding steroid dienone is 2. The zero-order valence-electron chi connectivity index (χ0n) is 10.9. The predicted molar refractivity (Wildman–Crippen MR) is 70.6 cm³/mol. The number of carbonyl (C=O) groups excluding carboxylic acids is 1. The second kappa shape index (κ2) is 10.6. The van der Waals surface area contributed by atoms with E-state index >= 15 is 0 Å². The molecule has 2 heteroatoms. The lowest BCUT2D eigenvalue weighted by Gasteiger charge is -2.04. The maximum atomic E-state index is 11.3. The van der Waals surface area contributed by atoms with Crippen molar-refractivity contribution in [2.45, 2.75) is 46.5 Å². The summed E-state index contributed by atoms with van der Waals surface area (Å²) >= 11 is 0. The van der Waals surface area contributed by atoms with E-state index in [4.69, 9.17) is 0 Å². The summed E-state index contributed by atoms with van der Waals surface area (Å²) in [4.78, 5) is 11.3. The molecule has 0 rings (SSSR count). The smallest absolute Gasteiger partial charge is 0.134 e. The van der Waals surface area contributed by atoms with E-state index in [-0.39, 0.29) is 0 Å². The van der Waals surface area contributed by atoms with Crippen LogP contribution in [-0.2, 0) is 4.79 Å². The molecule has 0 amide bonds. The molecule has 16 heavy (non-hydrogen) atoms. The van der Waals surface area contributed by atoms with Crippen LogP contribution in [0, 0.1) is 0 Å². The van der Waals surface area contributed by atoms with E-state index in [0.29, 0.717) is 18.6 Å². The molecule has 0 fully saturated rings. The quantitative estimate of drug-likeness (QED) is 0.480. The molecule has 0 bridgehead atoms. The lowest BCUT2D eigenvalue weighted by atomic mass is 10.1. The van der Waals surface area contributed by atoms with Crippen LogP contribution in [0.4, 0.5) is 0 Å². The highest BCUT2D eigenvalue weighted by molar-refractivity contribution is 5.78. The first-order chi connectivity index (χ1) is 7.74. The SMILES string of the molecule is C/C=C(\C=C/CC)CNCCC(=O)CCC. The van der Waals surface area contributed by atoms with Crippen molar-refractivity contribution < 1.29 is 4.79 Å². The van der Waals surface area contributed by atoms with Gasteiger partial charge in [-0.3, -0.25) is 4.79 Å². The molecular weight excluding hydrogens is 198 g/mol. The van der Waals surface area contributed by atoms with Crippen LogP contribution in [0.5, 0.6) is 0 Å². The molecule has 0 aliphatic heterocycles. The Labute approximate surface area is 99.8 Å². The highest BCUT2D eigenvalue weighted by Gasteiger charge is 1.99. The second-order valence-electron chi connectivity index (χ2n) is 3.89. The summed E-state index contributed by atoms with van der Waals surface area (Å²) in [6.07, 6.45) is 9.79. The molecular formula is C14H25NO. The van der Waals surface area contributed by atoms with Crippen LogP contribution in [0.15, 0.2) is 23.8 Å². The molecule has 0 aliphatic rings. The Kier molecular flexibility index (Phi) is 10.0. The zero-order chi connectivity index (χ0) is 12.2. The largest absolute Gasteiger partial charge is 0.312 e. The number of carbonyl (C=O) groups is 1. The van der Waals surface area contributed by atoms with Crippen LogP contribution in [0.25, 0.3) is 0 Å². The minimum absolute atomic E-state index is 0.362. The first-order valence-electron chi connectivity index (χ1n) is 6.28. The van der Waals surface area contributed by atoms with E-state index in [2.05, 4.69) is 30.5 Å². The van der Waals surface area contributed by atoms with Crippen molar-refractivity contribution in [2.75, 3.05) is 13.1 Å². The van der Waals surface area contributed by atoms with Gasteiger partial charge in [-0.25, -0.2) is 0 Å². The number of hydrogen-bond acceptors (Lipinski definition) is 2. The molecule has 0 aromatic heterocycles. The number of hydrogen-bond donors (Lipinski definition) is 1. The molecule has 0 aromatic rings. The van der Waals surface area contributed by atoms with Crippen LogP contribution >= 0.6 is 0 Å². The molecule has 0 aromatic carbocycles. The normalized spacial score (nSPS) is 12.3. The molecule has 0 spiro atoms. The Bertz CT molecular complexity index is 241. The Hall–Kier alpha value is -0.890. The third kappa shape index (κ3) is 8.42. The fraction of sp³-hybridized carbons (Fsp3) is 0.643. The summed E-state index contributed by atoms with van der Waals surface area (Å²) in [5.41, 5.74) is 1.28. The van der Waals surface area contributed by atoms with Crippen molar-refractivity contribution in [3.05, 3.63) is 23.8 Å². The Morgan fingerprint density at radius 3 is 2.56 bits per heavy atom. The van der Waals surface area contributed by atoms with Crippen LogP contribution in [0.2, 0.25) is 0 Å². The fourth-order valence-corrected chi connectivity index (χ4v) is 1.39. The molecule has 0 radical (unpaired) electrons. The molecule has 1 N–H and O–H groups in total. The first-order valence-corrected chi connectivity index (χ1v) is 6.28. The highest BCUT2D eigenvalue weighted by Crippen LogP contribution is 1.97. The van der Waals surface area contributed by atoms with Crippen molar-refractivity contribution in [1.82, 2.24) is 5.32 Å². The molecule has 0 heterocycles. The van der Waals surface area contributed by atoms with Gasteiger partial charge in [0, 0.05) is 25.9 Å². The van der Waals surface area contributed by atoms with Gasteiger partial charge in [0.25, 0.3) is 0 Å². The molecule has 0 saturated heterocycles. The summed E-state index contributed by atoms with van der Waals surface area (Å²) in [6.45, 7) is 7.85. The number of rotatable bonds is 9. The van der Waals surface area contributed by atoms with E-state index < -0.39 is 0 Å². The average molecular weight is 223 g/mol. The number of Topliss-reactive ketones (excluding diaryl/α,β-unsaturated/α-hetero) is 1. The Morgan fingerprint density at radius 2 is 2.00 bits per heavy atom. The summed E-state index contributed by atoms with van der Waals surface area (Å²) in [5.74, 6) is 0.362. The second-order valence-corrected chi connectivity index (χ2v) is 3.89. The lowest BCUT2D eigenvalue weighted by Crippen LogP contribution is -2.20. The van der Waals surface area contributed by atoms with E-state index in [1.54, 1.807) is 0 Å².